The molecule has 0 fully saturated rings. The number of carbonyl (C=O) groups is 2. The molecule has 15 heteroatoms. The van der Waals surface area contributed by atoms with Crippen LogP contribution >= 0.6 is 11.3 Å². The van der Waals surface area contributed by atoms with Crippen molar-refractivity contribution in [3.8, 4) is 16.6 Å². The number of nitrogens with zero attached hydrogens (tertiary/aromatic N) is 4. The number of alkyl halides is 4. The molecule has 0 aliphatic rings. The van der Waals surface area contributed by atoms with Crippen molar-refractivity contribution in [1.82, 2.24) is 30.4 Å². The second kappa shape index (κ2) is 10.2. The standard InChI is InChI=1S/C18H16F4N6O4S/c1-8(13-25-7-26-28(13)18-24-6-12(33-18)15(30)23-2)27-14(29)9-3-10(31-16(19)20)5-11(4-9)32-17(21)22/h3-8,16-17H,1-2H3,(H,23,30)(H,27,29)/t8-/m0/s1. The van der Waals surface area contributed by atoms with Gasteiger partial charge in [-0.05, 0) is 19.1 Å². The van der Waals surface area contributed by atoms with Gasteiger partial charge in [0, 0.05) is 18.7 Å². The molecule has 3 aromatic rings. The van der Waals surface area contributed by atoms with Gasteiger partial charge in [-0.15, -0.1) is 0 Å². The van der Waals surface area contributed by atoms with Crippen LogP contribution in [0, 0.1) is 0 Å². The van der Waals surface area contributed by atoms with E-state index in [1.54, 1.807) is 6.92 Å². The fourth-order valence-corrected chi connectivity index (χ4v) is 3.50. The first-order valence-corrected chi connectivity index (χ1v) is 9.93. The van der Waals surface area contributed by atoms with E-state index in [9.17, 15) is 27.2 Å². The monoisotopic (exact) mass is 488 g/mol. The van der Waals surface area contributed by atoms with E-state index in [1.165, 1.54) is 24.3 Å². The van der Waals surface area contributed by atoms with Gasteiger partial charge < -0.3 is 20.1 Å². The summed E-state index contributed by atoms with van der Waals surface area (Å²) >= 11 is 1.03. The van der Waals surface area contributed by atoms with E-state index >= 15 is 0 Å². The highest BCUT2D eigenvalue weighted by Crippen LogP contribution is 2.26. The van der Waals surface area contributed by atoms with Crippen molar-refractivity contribution in [3.05, 3.63) is 47.0 Å². The molecule has 1 aromatic carbocycles. The van der Waals surface area contributed by atoms with Gasteiger partial charge in [-0.1, -0.05) is 11.3 Å². The topological polar surface area (TPSA) is 120 Å². The highest BCUT2D eigenvalue weighted by molar-refractivity contribution is 7.16. The summed E-state index contributed by atoms with van der Waals surface area (Å²) in [5, 5.41) is 9.38. The molecule has 0 saturated heterocycles. The maximum absolute atomic E-state index is 12.7. The minimum absolute atomic E-state index is 0.241. The minimum atomic E-state index is -3.24. The van der Waals surface area contributed by atoms with Crippen LogP contribution in [0.2, 0.25) is 0 Å². The van der Waals surface area contributed by atoms with Crippen LogP contribution in [0.1, 0.15) is 38.8 Å². The van der Waals surface area contributed by atoms with Crippen LogP contribution in [0.3, 0.4) is 0 Å². The number of amides is 2. The van der Waals surface area contributed by atoms with Crippen molar-refractivity contribution >= 4 is 23.2 Å². The summed E-state index contributed by atoms with van der Waals surface area (Å²) in [5.74, 6) is -1.97. The van der Waals surface area contributed by atoms with Crippen LogP contribution in [0.5, 0.6) is 11.5 Å². The predicted molar refractivity (Wildman–Crippen MR) is 106 cm³/mol. The first-order chi connectivity index (χ1) is 15.7. The van der Waals surface area contributed by atoms with E-state index in [-0.39, 0.29) is 17.3 Å². The van der Waals surface area contributed by atoms with E-state index in [0.717, 1.165) is 29.5 Å². The molecule has 0 spiro atoms. The molecule has 2 amide bonds. The number of nitrogens with one attached hydrogen (secondary N) is 2. The number of hydrogen-bond acceptors (Lipinski definition) is 8. The first-order valence-electron chi connectivity index (χ1n) is 9.11. The molecule has 10 nitrogen and oxygen atoms in total. The molecule has 33 heavy (non-hydrogen) atoms. The Hall–Kier alpha value is -3.75. The quantitative estimate of drug-likeness (QED) is 0.445. The van der Waals surface area contributed by atoms with Gasteiger partial charge in [-0.25, -0.2) is 9.97 Å². The second-order valence-corrected chi connectivity index (χ2v) is 7.27. The Bertz CT molecular complexity index is 1110. The third-order valence-corrected chi connectivity index (χ3v) is 5.00. The number of halogens is 4. The zero-order valence-corrected chi connectivity index (χ0v) is 17.8. The molecule has 0 aliphatic carbocycles. The molecular formula is C18H16F4N6O4S. The summed E-state index contributed by atoms with van der Waals surface area (Å²) in [4.78, 5) is 33.0. The molecule has 1 atom stereocenters. The van der Waals surface area contributed by atoms with Gasteiger partial charge in [0.15, 0.2) is 5.82 Å². The largest absolute Gasteiger partial charge is 0.435 e. The van der Waals surface area contributed by atoms with Crippen molar-refractivity contribution in [2.75, 3.05) is 7.05 Å². The fraction of sp³-hybridized carbons (Fsp3) is 0.278. The van der Waals surface area contributed by atoms with Crippen LogP contribution in [-0.4, -0.2) is 51.8 Å². The number of aromatic nitrogens is 4. The Kier molecular flexibility index (Phi) is 7.42. The third kappa shape index (κ3) is 5.94. The van der Waals surface area contributed by atoms with E-state index in [2.05, 4.69) is 35.2 Å². The highest BCUT2D eigenvalue weighted by atomic mass is 32.1. The number of thiazole rings is 1. The maximum Gasteiger partial charge on any atom is 0.387 e. The van der Waals surface area contributed by atoms with Crippen molar-refractivity contribution in [1.29, 1.82) is 0 Å². The molecule has 0 aliphatic heterocycles. The first kappa shape index (κ1) is 23.9. The zero-order valence-electron chi connectivity index (χ0n) is 17.0. The molecular weight excluding hydrogens is 472 g/mol. The van der Waals surface area contributed by atoms with Gasteiger partial charge in [0.25, 0.3) is 11.8 Å². The summed E-state index contributed by atoms with van der Waals surface area (Å²) in [7, 11) is 1.47. The Labute approximate surface area is 187 Å². The smallest absolute Gasteiger partial charge is 0.387 e. The summed E-state index contributed by atoms with van der Waals surface area (Å²) in [5.41, 5.74) is -0.266. The lowest BCUT2D eigenvalue weighted by molar-refractivity contribution is -0.0543. The molecule has 2 aromatic heterocycles. The molecule has 0 saturated carbocycles. The van der Waals surface area contributed by atoms with E-state index in [4.69, 9.17) is 0 Å². The molecule has 2 N–H and O–H groups in total. The summed E-state index contributed by atoms with van der Waals surface area (Å²) in [6, 6.07) is 1.93. The third-order valence-electron chi connectivity index (χ3n) is 4.03. The van der Waals surface area contributed by atoms with Crippen LogP contribution in [0.25, 0.3) is 5.13 Å². The van der Waals surface area contributed by atoms with Gasteiger partial charge in [0.1, 0.15) is 22.7 Å². The minimum Gasteiger partial charge on any atom is -0.435 e. The number of benzene rings is 1. The van der Waals surface area contributed by atoms with E-state index in [1.807, 2.05) is 0 Å². The van der Waals surface area contributed by atoms with Gasteiger partial charge in [-0.3, -0.25) is 9.59 Å². The molecule has 2 heterocycles. The van der Waals surface area contributed by atoms with Gasteiger partial charge >= 0.3 is 13.2 Å². The van der Waals surface area contributed by atoms with Crippen LogP contribution < -0.4 is 20.1 Å². The van der Waals surface area contributed by atoms with Crippen molar-refractivity contribution in [2.24, 2.45) is 0 Å². The molecule has 0 radical (unpaired) electrons. The Morgan fingerprint density at radius 3 is 2.24 bits per heavy atom. The zero-order chi connectivity index (χ0) is 24.1. The Morgan fingerprint density at radius 1 is 1.03 bits per heavy atom. The number of ether oxygens (including phenoxy) is 2. The average Bonchev–Trinajstić information content (AvgIpc) is 3.41. The fourth-order valence-electron chi connectivity index (χ4n) is 2.67. The van der Waals surface area contributed by atoms with Gasteiger partial charge in [0.2, 0.25) is 5.13 Å². The van der Waals surface area contributed by atoms with Crippen molar-refractivity contribution in [2.45, 2.75) is 26.2 Å². The van der Waals surface area contributed by atoms with Gasteiger partial charge in [0.05, 0.1) is 12.2 Å². The normalized spacial score (nSPS) is 12.0. The van der Waals surface area contributed by atoms with Crippen molar-refractivity contribution in [3.63, 3.8) is 0 Å². The number of carbonyl (C=O) groups excluding carboxylic acids is 2. The molecule has 0 bridgehead atoms. The maximum atomic E-state index is 12.7. The van der Waals surface area contributed by atoms with E-state index < -0.39 is 36.7 Å². The number of rotatable bonds is 9. The summed E-state index contributed by atoms with van der Waals surface area (Å²) in [6.45, 7) is -4.92. The molecule has 3 rings (SSSR count). The highest BCUT2D eigenvalue weighted by Gasteiger charge is 2.22. The second-order valence-electron chi connectivity index (χ2n) is 6.26. The molecule has 176 valence electrons. The van der Waals surface area contributed by atoms with Crippen molar-refractivity contribution < 1.29 is 36.6 Å². The Morgan fingerprint density at radius 2 is 1.67 bits per heavy atom. The molecule has 0 unspecified atom stereocenters. The number of hydrogen-bond donors (Lipinski definition) is 2. The van der Waals surface area contributed by atoms with Crippen LogP contribution in [0.15, 0.2) is 30.7 Å². The van der Waals surface area contributed by atoms with Crippen LogP contribution in [-0.2, 0) is 0 Å². The Balaban J connectivity index is 1.82. The van der Waals surface area contributed by atoms with Gasteiger partial charge in [-0.2, -0.15) is 27.3 Å². The summed E-state index contributed by atoms with van der Waals surface area (Å²) in [6.07, 6.45) is 2.57. The predicted octanol–water partition coefficient (Wildman–Crippen LogP) is 2.78. The lowest BCUT2D eigenvalue weighted by atomic mass is 10.1. The SMILES string of the molecule is CNC(=O)c1cnc(-n2ncnc2[C@H](C)NC(=O)c2cc(OC(F)F)cc(OC(F)F)c2)s1. The van der Waals surface area contributed by atoms with Crippen LogP contribution in [0.4, 0.5) is 17.6 Å². The average molecular weight is 488 g/mol. The summed E-state index contributed by atoms with van der Waals surface area (Å²) < 4.78 is 60.0. The lowest BCUT2D eigenvalue weighted by Gasteiger charge is -2.15. The van der Waals surface area contributed by atoms with E-state index in [0.29, 0.717) is 10.0 Å². The lowest BCUT2D eigenvalue weighted by Crippen LogP contribution is -2.28.